The molecule has 0 bridgehead atoms. The third-order valence-electron chi connectivity index (χ3n) is 5.60. The molecule has 0 saturated carbocycles. The average molecular weight is 279 g/mol. The Kier molecular flexibility index (Phi) is 4.61. The molecule has 3 fully saturated rings. The molecule has 3 aliphatic heterocycles. The number of amides is 1. The van der Waals surface area contributed by atoms with E-state index in [1.54, 1.807) is 0 Å². The number of carbonyl (C=O) groups excluding carboxylic acids is 1. The van der Waals surface area contributed by atoms with Gasteiger partial charge in [0.1, 0.15) is 0 Å². The Labute approximate surface area is 122 Å². The summed E-state index contributed by atoms with van der Waals surface area (Å²) in [4.78, 5) is 17.1. The van der Waals surface area contributed by atoms with E-state index in [0.29, 0.717) is 18.5 Å². The van der Waals surface area contributed by atoms with Crippen LogP contribution < -0.4 is 5.32 Å². The highest BCUT2D eigenvalue weighted by Gasteiger charge is 2.42. The Morgan fingerprint density at radius 2 is 1.80 bits per heavy atom. The Hall–Kier alpha value is -0.610. The van der Waals surface area contributed by atoms with Gasteiger partial charge in [-0.15, -0.1) is 0 Å². The van der Waals surface area contributed by atoms with Gasteiger partial charge >= 0.3 is 0 Å². The van der Waals surface area contributed by atoms with Crippen molar-refractivity contribution in [1.82, 2.24) is 15.1 Å². The zero-order chi connectivity index (χ0) is 13.9. The van der Waals surface area contributed by atoms with Gasteiger partial charge in [-0.2, -0.15) is 0 Å². The summed E-state index contributed by atoms with van der Waals surface area (Å²) in [6.45, 7) is 8.31. The van der Waals surface area contributed by atoms with Gasteiger partial charge in [0.25, 0.3) is 0 Å². The molecule has 1 amide bonds. The van der Waals surface area contributed by atoms with E-state index in [-0.39, 0.29) is 0 Å². The first-order valence-corrected chi connectivity index (χ1v) is 8.48. The molecule has 0 radical (unpaired) electrons. The second-order valence-electron chi connectivity index (χ2n) is 6.90. The topological polar surface area (TPSA) is 35.6 Å². The molecular weight excluding hydrogens is 250 g/mol. The highest BCUT2D eigenvalue weighted by Crippen LogP contribution is 2.32. The maximum atomic E-state index is 12.6. The average Bonchev–Trinajstić information content (AvgIpc) is 2.94. The van der Waals surface area contributed by atoms with Crippen molar-refractivity contribution in [3.05, 3.63) is 0 Å². The fraction of sp³-hybridized carbons (Fsp3) is 0.938. The molecule has 1 N–H and O–H groups in total. The second-order valence-corrected chi connectivity index (χ2v) is 6.90. The van der Waals surface area contributed by atoms with Gasteiger partial charge in [-0.25, -0.2) is 0 Å². The molecule has 0 spiro atoms. The lowest BCUT2D eigenvalue weighted by Crippen LogP contribution is -2.44. The standard InChI is InChI=1S/C16H29N3O/c1-13-15-10-17-9-14(15)11-19(13)12-16(20)18-7-5-3-2-4-6-8-18/h13-15,17H,2-12H2,1H3. The Bertz CT molecular complexity index is 339. The van der Waals surface area contributed by atoms with Gasteiger partial charge in [0.15, 0.2) is 0 Å². The van der Waals surface area contributed by atoms with Gasteiger partial charge in [-0.1, -0.05) is 19.3 Å². The SMILES string of the molecule is CC1C2CNCC2CN1CC(=O)N1CCCCCCC1. The van der Waals surface area contributed by atoms with Crippen LogP contribution in [0.4, 0.5) is 0 Å². The molecule has 0 aromatic heterocycles. The van der Waals surface area contributed by atoms with Crippen molar-refractivity contribution in [2.24, 2.45) is 11.8 Å². The zero-order valence-electron chi connectivity index (χ0n) is 12.8. The van der Waals surface area contributed by atoms with E-state index in [9.17, 15) is 4.79 Å². The van der Waals surface area contributed by atoms with E-state index < -0.39 is 0 Å². The summed E-state index contributed by atoms with van der Waals surface area (Å²) in [5, 5.41) is 3.49. The summed E-state index contributed by atoms with van der Waals surface area (Å²) < 4.78 is 0. The molecule has 3 aliphatic rings. The molecule has 3 saturated heterocycles. The summed E-state index contributed by atoms with van der Waals surface area (Å²) in [7, 11) is 0. The third kappa shape index (κ3) is 3.01. The first-order valence-electron chi connectivity index (χ1n) is 8.48. The predicted octanol–water partition coefficient (Wildman–Crippen LogP) is 1.32. The Balaban J connectivity index is 1.53. The first kappa shape index (κ1) is 14.3. The van der Waals surface area contributed by atoms with Crippen molar-refractivity contribution in [3.8, 4) is 0 Å². The van der Waals surface area contributed by atoms with Gasteiger partial charge in [0.05, 0.1) is 6.54 Å². The fourth-order valence-corrected chi connectivity index (χ4v) is 4.24. The molecule has 0 aromatic carbocycles. The summed E-state index contributed by atoms with van der Waals surface area (Å²) in [5.74, 6) is 1.90. The van der Waals surface area contributed by atoms with Crippen LogP contribution >= 0.6 is 0 Å². The van der Waals surface area contributed by atoms with Crippen molar-refractivity contribution in [1.29, 1.82) is 0 Å². The van der Waals surface area contributed by atoms with E-state index in [0.717, 1.165) is 44.6 Å². The Morgan fingerprint density at radius 1 is 1.10 bits per heavy atom. The Morgan fingerprint density at radius 3 is 2.50 bits per heavy atom. The van der Waals surface area contributed by atoms with Crippen molar-refractivity contribution in [2.45, 2.75) is 45.1 Å². The van der Waals surface area contributed by atoms with Crippen LogP contribution in [0.15, 0.2) is 0 Å². The number of carbonyl (C=O) groups is 1. The van der Waals surface area contributed by atoms with Crippen LogP contribution in [0.1, 0.15) is 39.0 Å². The van der Waals surface area contributed by atoms with Gasteiger partial charge in [-0.05, 0) is 44.7 Å². The van der Waals surface area contributed by atoms with Gasteiger partial charge < -0.3 is 10.2 Å². The number of nitrogens with zero attached hydrogens (tertiary/aromatic N) is 2. The second kappa shape index (κ2) is 6.44. The summed E-state index contributed by atoms with van der Waals surface area (Å²) in [5.41, 5.74) is 0. The normalized spacial score (nSPS) is 35.6. The summed E-state index contributed by atoms with van der Waals surface area (Å²) in [6, 6.07) is 0.564. The van der Waals surface area contributed by atoms with Crippen molar-refractivity contribution >= 4 is 5.91 Å². The monoisotopic (exact) mass is 279 g/mol. The lowest BCUT2D eigenvalue weighted by molar-refractivity contribution is -0.133. The third-order valence-corrected chi connectivity index (χ3v) is 5.60. The molecule has 20 heavy (non-hydrogen) atoms. The lowest BCUT2D eigenvalue weighted by atomic mass is 9.95. The molecule has 3 heterocycles. The minimum Gasteiger partial charge on any atom is -0.342 e. The largest absolute Gasteiger partial charge is 0.342 e. The van der Waals surface area contributed by atoms with Crippen molar-refractivity contribution < 1.29 is 4.79 Å². The fourth-order valence-electron chi connectivity index (χ4n) is 4.24. The maximum absolute atomic E-state index is 12.6. The number of fused-ring (bicyclic) bond motifs is 1. The smallest absolute Gasteiger partial charge is 0.236 e. The van der Waals surface area contributed by atoms with Crippen molar-refractivity contribution in [2.75, 3.05) is 39.3 Å². The zero-order valence-corrected chi connectivity index (χ0v) is 12.8. The molecule has 4 nitrogen and oxygen atoms in total. The molecule has 0 aliphatic carbocycles. The van der Waals surface area contributed by atoms with Gasteiger partial charge in [-0.3, -0.25) is 9.69 Å². The van der Waals surface area contributed by atoms with E-state index in [1.807, 2.05) is 0 Å². The van der Waals surface area contributed by atoms with Crippen LogP contribution in [0.3, 0.4) is 0 Å². The van der Waals surface area contributed by atoms with E-state index >= 15 is 0 Å². The highest BCUT2D eigenvalue weighted by atomic mass is 16.2. The number of likely N-dealkylation sites (tertiary alicyclic amines) is 2. The predicted molar refractivity (Wildman–Crippen MR) is 80.5 cm³/mol. The van der Waals surface area contributed by atoms with Crippen LogP contribution in [-0.2, 0) is 4.79 Å². The first-order chi connectivity index (χ1) is 9.75. The number of hydrogen-bond donors (Lipinski definition) is 1. The molecule has 3 rings (SSSR count). The lowest BCUT2D eigenvalue weighted by Gasteiger charge is -2.29. The number of nitrogens with one attached hydrogen (secondary N) is 1. The van der Waals surface area contributed by atoms with Crippen molar-refractivity contribution in [3.63, 3.8) is 0 Å². The highest BCUT2D eigenvalue weighted by molar-refractivity contribution is 5.78. The number of hydrogen-bond acceptors (Lipinski definition) is 3. The van der Waals surface area contributed by atoms with Crippen LogP contribution in [-0.4, -0.2) is 61.0 Å². The van der Waals surface area contributed by atoms with Crippen LogP contribution in [0.25, 0.3) is 0 Å². The summed E-state index contributed by atoms with van der Waals surface area (Å²) >= 11 is 0. The minimum absolute atomic E-state index is 0.367. The maximum Gasteiger partial charge on any atom is 0.236 e. The molecule has 114 valence electrons. The summed E-state index contributed by atoms with van der Waals surface area (Å²) in [6.07, 6.45) is 6.31. The van der Waals surface area contributed by atoms with Crippen LogP contribution in [0.2, 0.25) is 0 Å². The molecule has 0 aromatic rings. The van der Waals surface area contributed by atoms with Crippen LogP contribution in [0.5, 0.6) is 0 Å². The van der Waals surface area contributed by atoms with E-state index in [1.165, 1.54) is 32.1 Å². The quantitative estimate of drug-likeness (QED) is 0.828. The van der Waals surface area contributed by atoms with Crippen LogP contribution in [0, 0.1) is 11.8 Å². The van der Waals surface area contributed by atoms with Gasteiger partial charge in [0.2, 0.25) is 5.91 Å². The van der Waals surface area contributed by atoms with Gasteiger partial charge in [0, 0.05) is 25.7 Å². The minimum atomic E-state index is 0.367. The molecule has 4 heteroatoms. The molecule has 3 unspecified atom stereocenters. The van der Waals surface area contributed by atoms with E-state index in [4.69, 9.17) is 0 Å². The number of rotatable bonds is 2. The molecular formula is C16H29N3O. The van der Waals surface area contributed by atoms with E-state index in [2.05, 4.69) is 22.0 Å². The molecule has 3 atom stereocenters.